The molecule has 0 amide bonds. The largest absolute Gasteiger partial charge is 0.394 e. The standard InChI is InChI=1S/C11H12N2OS/c12-10-8-13(6-4-11(10)14)5-3-9-2-1-7-15-9/h1-2,4,6-8H,3,5,12H2. The fourth-order valence-electron chi connectivity index (χ4n) is 1.38. The molecule has 0 aromatic carbocycles. The Morgan fingerprint density at radius 1 is 1.40 bits per heavy atom. The zero-order valence-corrected chi connectivity index (χ0v) is 9.04. The maximum absolute atomic E-state index is 11.1. The van der Waals surface area contributed by atoms with Crippen molar-refractivity contribution in [2.24, 2.45) is 0 Å². The molecule has 0 saturated carbocycles. The Bertz CT molecular complexity index is 488. The van der Waals surface area contributed by atoms with Gasteiger partial charge in [-0.3, -0.25) is 4.79 Å². The fourth-order valence-corrected chi connectivity index (χ4v) is 2.08. The van der Waals surface area contributed by atoms with Crippen LogP contribution in [-0.2, 0) is 13.0 Å². The van der Waals surface area contributed by atoms with Gasteiger partial charge in [0.1, 0.15) is 0 Å². The summed E-state index contributed by atoms with van der Waals surface area (Å²) in [6.07, 6.45) is 4.43. The third kappa shape index (κ3) is 2.47. The van der Waals surface area contributed by atoms with Gasteiger partial charge in [0.2, 0.25) is 5.43 Å². The lowest BCUT2D eigenvalue weighted by atomic mass is 10.3. The van der Waals surface area contributed by atoms with Gasteiger partial charge in [-0.05, 0) is 17.9 Å². The molecule has 2 N–H and O–H groups in total. The van der Waals surface area contributed by atoms with E-state index in [1.165, 1.54) is 10.9 Å². The first-order valence-electron chi connectivity index (χ1n) is 4.73. The molecule has 0 aliphatic heterocycles. The van der Waals surface area contributed by atoms with Crippen molar-refractivity contribution < 1.29 is 0 Å². The molecule has 0 atom stereocenters. The van der Waals surface area contributed by atoms with Crippen LogP contribution in [0.4, 0.5) is 5.69 Å². The quantitative estimate of drug-likeness (QED) is 0.856. The van der Waals surface area contributed by atoms with Gasteiger partial charge in [-0.1, -0.05) is 6.07 Å². The van der Waals surface area contributed by atoms with Crippen LogP contribution in [0.5, 0.6) is 0 Å². The number of thiophene rings is 1. The molecule has 3 nitrogen and oxygen atoms in total. The number of aryl methyl sites for hydroxylation is 2. The maximum atomic E-state index is 11.1. The summed E-state index contributed by atoms with van der Waals surface area (Å²) in [6.45, 7) is 0.852. The zero-order valence-electron chi connectivity index (χ0n) is 8.22. The van der Waals surface area contributed by atoms with Crippen LogP contribution in [-0.4, -0.2) is 4.57 Å². The molecule has 78 valence electrons. The van der Waals surface area contributed by atoms with Crippen molar-refractivity contribution in [1.29, 1.82) is 0 Å². The molecule has 0 saturated heterocycles. The Kier molecular flexibility index (Phi) is 2.87. The summed E-state index contributed by atoms with van der Waals surface area (Å²) in [5, 5.41) is 2.06. The van der Waals surface area contributed by atoms with E-state index in [9.17, 15) is 4.79 Å². The van der Waals surface area contributed by atoms with Crippen LogP contribution >= 0.6 is 11.3 Å². The zero-order chi connectivity index (χ0) is 10.7. The molecule has 0 radical (unpaired) electrons. The third-order valence-electron chi connectivity index (χ3n) is 2.20. The predicted octanol–water partition coefficient (Wildman–Crippen LogP) is 1.73. The second-order valence-electron chi connectivity index (χ2n) is 3.33. The first kappa shape index (κ1) is 9.98. The van der Waals surface area contributed by atoms with Gasteiger partial charge in [-0.2, -0.15) is 0 Å². The average Bonchev–Trinajstić information content (AvgIpc) is 2.73. The highest BCUT2D eigenvalue weighted by atomic mass is 32.1. The lowest BCUT2D eigenvalue weighted by molar-refractivity contribution is 0.697. The van der Waals surface area contributed by atoms with E-state index >= 15 is 0 Å². The molecule has 2 aromatic rings. The normalized spacial score (nSPS) is 10.4. The summed E-state index contributed by atoms with van der Waals surface area (Å²) >= 11 is 1.74. The van der Waals surface area contributed by atoms with E-state index in [2.05, 4.69) is 11.4 Å². The summed E-state index contributed by atoms with van der Waals surface area (Å²) in [6, 6.07) is 5.65. The Hall–Kier alpha value is -1.55. The number of pyridine rings is 1. The minimum atomic E-state index is -0.109. The van der Waals surface area contributed by atoms with Crippen molar-refractivity contribution in [1.82, 2.24) is 4.57 Å². The van der Waals surface area contributed by atoms with E-state index < -0.39 is 0 Å². The molecule has 4 heteroatoms. The molecular formula is C11H12N2OS. The smallest absolute Gasteiger partial charge is 0.204 e. The van der Waals surface area contributed by atoms with Crippen LogP contribution in [0.25, 0.3) is 0 Å². The minimum Gasteiger partial charge on any atom is -0.394 e. The van der Waals surface area contributed by atoms with Gasteiger partial charge in [0.25, 0.3) is 0 Å². The van der Waals surface area contributed by atoms with E-state index in [1.54, 1.807) is 23.7 Å². The SMILES string of the molecule is Nc1cn(CCc2cccs2)ccc1=O. The molecule has 0 aliphatic carbocycles. The molecule has 2 aromatic heterocycles. The molecular weight excluding hydrogens is 208 g/mol. The number of anilines is 1. The third-order valence-corrected chi connectivity index (χ3v) is 3.14. The number of nitrogen functional groups attached to an aromatic ring is 1. The van der Waals surface area contributed by atoms with Crippen LogP contribution in [0.1, 0.15) is 4.88 Å². The van der Waals surface area contributed by atoms with Gasteiger partial charge in [-0.15, -0.1) is 11.3 Å². The van der Waals surface area contributed by atoms with E-state index in [4.69, 9.17) is 5.73 Å². The average molecular weight is 220 g/mol. The van der Waals surface area contributed by atoms with Crippen molar-refractivity contribution in [2.45, 2.75) is 13.0 Å². The summed E-state index contributed by atoms with van der Waals surface area (Å²) in [4.78, 5) is 12.4. The Labute approximate surface area is 91.8 Å². The fraction of sp³-hybridized carbons (Fsp3) is 0.182. The van der Waals surface area contributed by atoms with Crippen LogP contribution < -0.4 is 11.2 Å². The highest BCUT2D eigenvalue weighted by Crippen LogP contribution is 2.10. The second kappa shape index (κ2) is 4.31. The Morgan fingerprint density at radius 2 is 2.27 bits per heavy atom. The highest BCUT2D eigenvalue weighted by Gasteiger charge is 1.97. The Morgan fingerprint density at radius 3 is 2.93 bits per heavy atom. The maximum Gasteiger partial charge on any atom is 0.204 e. The lowest BCUT2D eigenvalue weighted by Gasteiger charge is -2.05. The summed E-state index contributed by atoms with van der Waals surface area (Å²) in [5.74, 6) is 0. The lowest BCUT2D eigenvalue weighted by Crippen LogP contribution is -2.11. The van der Waals surface area contributed by atoms with Gasteiger partial charge in [0, 0.05) is 29.9 Å². The summed E-state index contributed by atoms with van der Waals surface area (Å²) < 4.78 is 1.94. The van der Waals surface area contributed by atoms with Crippen LogP contribution in [0.3, 0.4) is 0 Å². The van der Waals surface area contributed by atoms with Crippen molar-refractivity contribution in [3.8, 4) is 0 Å². The molecule has 0 bridgehead atoms. The van der Waals surface area contributed by atoms with E-state index in [0.717, 1.165) is 13.0 Å². The van der Waals surface area contributed by atoms with Crippen molar-refractivity contribution in [3.05, 3.63) is 51.1 Å². The van der Waals surface area contributed by atoms with Gasteiger partial charge >= 0.3 is 0 Å². The van der Waals surface area contributed by atoms with E-state index in [1.807, 2.05) is 10.6 Å². The van der Waals surface area contributed by atoms with Crippen LogP contribution in [0.2, 0.25) is 0 Å². The summed E-state index contributed by atoms with van der Waals surface area (Å²) in [7, 11) is 0. The molecule has 0 unspecified atom stereocenters. The molecule has 2 rings (SSSR count). The van der Waals surface area contributed by atoms with Gasteiger partial charge in [0.05, 0.1) is 5.69 Å². The number of nitrogens with two attached hydrogens (primary N) is 1. The highest BCUT2D eigenvalue weighted by molar-refractivity contribution is 7.09. The van der Waals surface area contributed by atoms with Gasteiger partial charge in [-0.25, -0.2) is 0 Å². The van der Waals surface area contributed by atoms with Crippen molar-refractivity contribution in [3.63, 3.8) is 0 Å². The van der Waals surface area contributed by atoms with Gasteiger partial charge in [0.15, 0.2) is 0 Å². The van der Waals surface area contributed by atoms with E-state index in [0.29, 0.717) is 5.69 Å². The molecule has 15 heavy (non-hydrogen) atoms. The number of rotatable bonds is 3. The number of hydrogen-bond donors (Lipinski definition) is 1. The topological polar surface area (TPSA) is 48.0 Å². The first-order valence-corrected chi connectivity index (χ1v) is 5.61. The molecule has 0 aliphatic rings. The van der Waals surface area contributed by atoms with Crippen LogP contribution in [0.15, 0.2) is 40.8 Å². The van der Waals surface area contributed by atoms with Crippen molar-refractivity contribution >= 4 is 17.0 Å². The number of aromatic nitrogens is 1. The van der Waals surface area contributed by atoms with Crippen molar-refractivity contribution in [2.75, 3.05) is 5.73 Å². The second-order valence-corrected chi connectivity index (χ2v) is 4.36. The number of nitrogens with zero attached hydrogens (tertiary/aromatic N) is 1. The van der Waals surface area contributed by atoms with Crippen LogP contribution in [0, 0.1) is 0 Å². The molecule has 0 spiro atoms. The Balaban J connectivity index is 2.05. The first-order chi connectivity index (χ1) is 7.25. The van der Waals surface area contributed by atoms with Gasteiger partial charge < -0.3 is 10.3 Å². The monoisotopic (exact) mass is 220 g/mol. The molecule has 0 fully saturated rings. The summed E-state index contributed by atoms with van der Waals surface area (Å²) in [5.41, 5.74) is 5.74. The molecule has 2 heterocycles. The minimum absolute atomic E-state index is 0.109. The van der Waals surface area contributed by atoms with E-state index in [-0.39, 0.29) is 5.43 Å². The predicted molar refractivity (Wildman–Crippen MR) is 63.1 cm³/mol. The number of hydrogen-bond acceptors (Lipinski definition) is 3.